The van der Waals surface area contributed by atoms with Gasteiger partial charge in [-0.2, -0.15) is 0 Å². The Hall–Kier alpha value is -0.0800. The summed E-state index contributed by atoms with van der Waals surface area (Å²) < 4.78 is 0. The van der Waals surface area contributed by atoms with Gasteiger partial charge < -0.3 is 10.2 Å². The second-order valence-corrected chi connectivity index (χ2v) is 5.68. The molecule has 2 heteroatoms. The molecule has 0 unspecified atom stereocenters. The zero-order chi connectivity index (χ0) is 12.3. The minimum absolute atomic E-state index is 1.01. The van der Waals surface area contributed by atoms with Crippen LogP contribution < -0.4 is 5.32 Å². The van der Waals surface area contributed by atoms with Crippen molar-refractivity contribution in [3.8, 4) is 0 Å². The van der Waals surface area contributed by atoms with Gasteiger partial charge in [-0.15, -0.1) is 0 Å². The molecular weight excluding hydrogens is 208 g/mol. The van der Waals surface area contributed by atoms with E-state index in [1.807, 2.05) is 0 Å². The van der Waals surface area contributed by atoms with Crippen molar-refractivity contribution in [3.63, 3.8) is 0 Å². The molecule has 0 saturated heterocycles. The number of nitrogens with zero attached hydrogens (tertiary/aromatic N) is 1. The van der Waals surface area contributed by atoms with Crippen LogP contribution >= 0.6 is 0 Å². The lowest BCUT2D eigenvalue weighted by Gasteiger charge is -2.20. The Morgan fingerprint density at radius 2 is 1.76 bits per heavy atom. The smallest absolute Gasteiger partial charge is 0.000661 e. The van der Waals surface area contributed by atoms with Crippen molar-refractivity contribution in [2.24, 2.45) is 5.92 Å². The molecule has 0 spiro atoms. The van der Waals surface area contributed by atoms with Gasteiger partial charge in [0, 0.05) is 6.54 Å². The molecule has 0 aliphatic heterocycles. The van der Waals surface area contributed by atoms with Gasteiger partial charge in [0.05, 0.1) is 0 Å². The lowest BCUT2D eigenvalue weighted by Crippen LogP contribution is -2.25. The van der Waals surface area contributed by atoms with Crippen LogP contribution in [0.4, 0.5) is 0 Å². The van der Waals surface area contributed by atoms with E-state index >= 15 is 0 Å². The van der Waals surface area contributed by atoms with Crippen molar-refractivity contribution >= 4 is 0 Å². The van der Waals surface area contributed by atoms with Crippen LogP contribution in [-0.4, -0.2) is 38.1 Å². The molecule has 0 radical (unpaired) electrons. The summed E-state index contributed by atoms with van der Waals surface area (Å²) in [6, 6.07) is 0. The van der Waals surface area contributed by atoms with Crippen molar-refractivity contribution in [2.45, 2.75) is 58.3 Å². The third kappa shape index (κ3) is 7.77. The van der Waals surface area contributed by atoms with Gasteiger partial charge in [0.2, 0.25) is 0 Å². The fourth-order valence-corrected chi connectivity index (χ4v) is 2.89. The zero-order valence-electron chi connectivity index (χ0n) is 12.0. The highest BCUT2D eigenvalue weighted by atomic mass is 15.1. The molecule has 0 aromatic heterocycles. The van der Waals surface area contributed by atoms with Gasteiger partial charge in [-0.05, 0) is 58.3 Å². The van der Waals surface area contributed by atoms with Gasteiger partial charge in [-0.3, -0.25) is 0 Å². The lowest BCUT2D eigenvalue weighted by atomic mass is 10.1. The van der Waals surface area contributed by atoms with Gasteiger partial charge >= 0.3 is 0 Å². The van der Waals surface area contributed by atoms with Crippen molar-refractivity contribution in [3.05, 3.63) is 0 Å². The number of hydrogen-bond donors (Lipinski definition) is 1. The Balaban J connectivity index is 1.84. The van der Waals surface area contributed by atoms with Gasteiger partial charge in [0.15, 0.2) is 0 Å². The summed E-state index contributed by atoms with van der Waals surface area (Å²) in [6.07, 6.45) is 11.4. The summed E-state index contributed by atoms with van der Waals surface area (Å²) in [5.41, 5.74) is 0. The van der Waals surface area contributed by atoms with Gasteiger partial charge in [-0.25, -0.2) is 0 Å². The molecule has 0 heterocycles. The van der Waals surface area contributed by atoms with Crippen LogP contribution in [0, 0.1) is 5.92 Å². The van der Waals surface area contributed by atoms with E-state index < -0.39 is 0 Å². The van der Waals surface area contributed by atoms with E-state index in [4.69, 9.17) is 0 Å². The maximum absolute atomic E-state index is 3.39. The normalized spacial score (nSPS) is 17.1. The predicted octanol–water partition coefficient (Wildman–Crippen LogP) is 3.28. The predicted molar refractivity (Wildman–Crippen MR) is 76.5 cm³/mol. The van der Waals surface area contributed by atoms with Crippen molar-refractivity contribution in [1.29, 1.82) is 0 Å². The fourth-order valence-electron chi connectivity index (χ4n) is 2.89. The summed E-state index contributed by atoms with van der Waals surface area (Å²) in [5, 5.41) is 3.39. The number of rotatable bonds is 10. The van der Waals surface area contributed by atoms with E-state index in [2.05, 4.69) is 24.2 Å². The average molecular weight is 240 g/mol. The number of unbranched alkanes of at least 4 members (excludes halogenated alkanes) is 3. The molecule has 1 N–H and O–H groups in total. The third-order valence-electron chi connectivity index (χ3n) is 3.94. The highest BCUT2D eigenvalue weighted by Gasteiger charge is 2.16. The monoisotopic (exact) mass is 240 g/mol. The van der Waals surface area contributed by atoms with Crippen molar-refractivity contribution in [1.82, 2.24) is 10.2 Å². The Morgan fingerprint density at radius 3 is 2.47 bits per heavy atom. The van der Waals surface area contributed by atoms with E-state index in [-0.39, 0.29) is 0 Å². The molecule has 2 nitrogen and oxygen atoms in total. The standard InChI is InChI=1S/C15H32N2/c1-3-16-12-8-4-5-9-13-17(2)14-15-10-6-7-11-15/h15-16H,3-14H2,1-2H3. The maximum atomic E-state index is 3.39. The molecule has 0 amide bonds. The molecule has 0 aromatic carbocycles. The summed E-state index contributed by atoms with van der Waals surface area (Å²) in [5.74, 6) is 1.01. The van der Waals surface area contributed by atoms with Crippen molar-refractivity contribution < 1.29 is 0 Å². The second-order valence-electron chi connectivity index (χ2n) is 5.68. The van der Waals surface area contributed by atoms with E-state index in [1.54, 1.807) is 0 Å². The number of hydrogen-bond acceptors (Lipinski definition) is 2. The Labute approximate surface area is 108 Å². The lowest BCUT2D eigenvalue weighted by molar-refractivity contribution is 0.272. The summed E-state index contributed by atoms with van der Waals surface area (Å²) in [7, 11) is 2.30. The van der Waals surface area contributed by atoms with Crippen LogP contribution in [0.5, 0.6) is 0 Å². The highest BCUT2D eigenvalue weighted by molar-refractivity contribution is 4.70. The fraction of sp³-hybridized carbons (Fsp3) is 1.00. The van der Waals surface area contributed by atoms with E-state index in [1.165, 1.54) is 71.0 Å². The van der Waals surface area contributed by atoms with Gasteiger partial charge in [0.25, 0.3) is 0 Å². The van der Waals surface area contributed by atoms with E-state index in [0.29, 0.717) is 0 Å². The van der Waals surface area contributed by atoms with Gasteiger partial charge in [-0.1, -0.05) is 32.6 Å². The Morgan fingerprint density at radius 1 is 1.06 bits per heavy atom. The SMILES string of the molecule is CCNCCCCCCN(C)CC1CCCC1. The molecule has 1 aliphatic rings. The van der Waals surface area contributed by atoms with Crippen LogP contribution in [0.25, 0.3) is 0 Å². The highest BCUT2D eigenvalue weighted by Crippen LogP contribution is 2.25. The molecule has 102 valence electrons. The third-order valence-corrected chi connectivity index (χ3v) is 3.94. The summed E-state index contributed by atoms with van der Waals surface area (Å²) in [4.78, 5) is 2.56. The van der Waals surface area contributed by atoms with Crippen LogP contribution in [-0.2, 0) is 0 Å². The molecular formula is C15H32N2. The Kier molecular flexibility index (Phi) is 8.72. The van der Waals surface area contributed by atoms with Gasteiger partial charge in [0.1, 0.15) is 0 Å². The molecule has 0 atom stereocenters. The average Bonchev–Trinajstić information content (AvgIpc) is 2.80. The maximum Gasteiger partial charge on any atom is 0.000661 e. The zero-order valence-corrected chi connectivity index (χ0v) is 12.0. The quantitative estimate of drug-likeness (QED) is 0.590. The first-order valence-electron chi connectivity index (χ1n) is 7.72. The van der Waals surface area contributed by atoms with Crippen LogP contribution in [0.2, 0.25) is 0 Å². The van der Waals surface area contributed by atoms with E-state index in [0.717, 1.165) is 12.5 Å². The first kappa shape index (κ1) is 15.0. The minimum Gasteiger partial charge on any atom is -0.317 e. The molecule has 17 heavy (non-hydrogen) atoms. The molecule has 1 saturated carbocycles. The number of nitrogens with one attached hydrogen (secondary N) is 1. The molecule has 0 aromatic rings. The minimum atomic E-state index is 1.01. The molecule has 1 fully saturated rings. The summed E-state index contributed by atoms with van der Waals surface area (Å²) >= 11 is 0. The van der Waals surface area contributed by atoms with Crippen LogP contribution in [0.1, 0.15) is 58.3 Å². The summed E-state index contributed by atoms with van der Waals surface area (Å²) in [6.45, 7) is 7.14. The second kappa shape index (κ2) is 9.90. The largest absolute Gasteiger partial charge is 0.317 e. The molecule has 1 rings (SSSR count). The van der Waals surface area contributed by atoms with Crippen LogP contribution in [0.15, 0.2) is 0 Å². The van der Waals surface area contributed by atoms with Crippen LogP contribution in [0.3, 0.4) is 0 Å². The van der Waals surface area contributed by atoms with E-state index in [9.17, 15) is 0 Å². The topological polar surface area (TPSA) is 15.3 Å². The molecule has 0 bridgehead atoms. The first-order valence-corrected chi connectivity index (χ1v) is 7.72. The Bertz CT molecular complexity index is 164. The van der Waals surface area contributed by atoms with Crippen molar-refractivity contribution in [2.75, 3.05) is 33.2 Å². The molecule has 1 aliphatic carbocycles. The first-order chi connectivity index (χ1) is 8.33.